The Balaban J connectivity index is 1.99. The number of nitrogens with zero attached hydrogens (tertiary/aromatic N) is 2. The number of rotatable bonds is 7. The van der Waals surface area contributed by atoms with Crippen LogP contribution in [0.25, 0.3) is 11.0 Å². The quantitative estimate of drug-likeness (QED) is 0.538. The van der Waals surface area contributed by atoms with E-state index in [1.54, 1.807) is 0 Å². The van der Waals surface area contributed by atoms with Crippen molar-refractivity contribution in [2.24, 2.45) is 4.99 Å². The molecule has 2 N–H and O–H groups in total. The lowest BCUT2D eigenvalue weighted by molar-refractivity contribution is -0.157. The molecule has 1 aromatic carbocycles. The number of para-hydroxylation sites is 1. The summed E-state index contributed by atoms with van der Waals surface area (Å²) in [5, 5.41) is 6.65. The van der Waals surface area contributed by atoms with Crippen molar-refractivity contribution in [1.29, 1.82) is 0 Å². The molecule has 1 amide bonds. The average molecular weight is 414 g/mol. The van der Waals surface area contributed by atoms with Crippen LogP contribution in [0.15, 0.2) is 33.7 Å². The van der Waals surface area contributed by atoms with E-state index in [1.807, 2.05) is 38.1 Å². The van der Waals surface area contributed by atoms with Gasteiger partial charge in [-0.05, 0) is 26.0 Å². The summed E-state index contributed by atoms with van der Waals surface area (Å²) in [7, 11) is 2.60. The number of fused-ring (bicyclic) bond motifs is 1. The number of hydrogen-bond donors (Lipinski definition) is 2. The van der Waals surface area contributed by atoms with Crippen LogP contribution in [0.4, 0.5) is 13.2 Å². The third-order valence-corrected chi connectivity index (χ3v) is 4.08. The average Bonchev–Trinajstić information content (AvgIpc) is 3.09. The largest absolute Gasteiger partial charge is 0.490 e. The van der Waals surface area contributed by atoms with Gasteiger partial charge in [-0.15, -0.1) is 0 Å². The van der Waals surface area contributed by atoms with Gasteiger partial charge in [0.05, 0.1) is 19.2 Å². The molecule has 1 aromatic heterocycles. The highest BCUT2D eigenvalue weighted by Gasteiger charge is 2.31. The van der Waals surface area contributed by atoms with Crippen LogP contribution < -0.4 is 15.4 Å². The molecule has 0 fully saturated rings. The zero-order chi connectivity index (χ0) is 21.6. The van der Waals surface area contributed by atoms with Gasteiger partial charge in [0.2, 0.25) is 5.91 Å². The number of furan rings is 1. The van der Waals surface area contributed by atoms with E-state index in [2.05, 4.69) is 15.6 Å². The summed E-state index contributed by atoms with van der Waals surface area (Å²) in [6.45, 7) is 2.60. The van der Waals surface area contributed by atoms with Gasteiger partial charge in [-0.25, -0.2) is 0 Å². The number of guanidine groups is 1. The molecule has 0 aliphatic carbocycles. The fraction of sp³-hybridized carbons (Fsp3) is 0.474. The maximum atomic E-state index is 12.4. The lowest BCUT2D eigenvalue weighted by atomic mass is 10.2. The minimum absolute atomic E-state index is 0.261. The number of amides is 1. The van der Waals surface area contributed by atoms with Gasteiger partial charge in [0.25, 0.3) is 0 Å². The lowest BCUT2D eigenvalue weighted by Gasteiger charge is -2.20. The number of halogens is 3. The molecule has 160 valence electrons. The van der Waals surface area contributed by atoms with Crippen molar-refractivity contribution in [2.75, 3.05) is 33.8 Å². The molecule has 0 saturated carbocycles. The van der Waals surface area contributed by atoms with Crippen LogP contribution in [-0.2, 0) is 4.79 Å². The SMILES string of the molecule is CCOc1cccc2cc(C(C)NC(=NC)NCC(=O)N(C)CC(F)(F)F)oc12. The molecule has 0 saturated heterocycles. The van der Waals surface area contributed by atoms with Crippen molar-refractivity contribution in [3.63, 3.8) is 0 Å². The van der Waals surface area contributed by atoms with E-state index in [-0.39, 0.29) is 18.5 Å². The maximum Gasteiger partial charge on any atom is 0.406 e. The van der Waals surface area contributed by atoms with E-state index in [9.17, 15) is 18.0 Å². The number of carbonyl (C=O) groups is 1. The molecule has 1 unspecified atom stereocenters. The first-order valence-corrected chi connectivity index (χ1v) is 9.07. The molecule has 0 bridgehead atoms. The predicted molar refractivity (Wildman–Crippen MR) is 104 cm³/mol. The second-order valence-electron chi connectivity index (χ2n) is 6.41. The molecule has 2 rings (SSSR count). The van der Waals surface area contributed by atoms with Gasteiger partial charge in [0, 0.05) is 19.5 Å². The van der Waals surface area contributed by atoms with Gasteiger partial charge in [-0.3, -0.25) is 9.79 Å². The zero-order valence-electron chi connectivity index (χ0n) is 16.8. The Hall–Kier alpha value is -2.91. The minimum atomic E-state index is -4.44. The Morgan fingerprint density at radius 2 is 2.10 bits per heavy atom. The minimum Gasteiger partial charge on any atom is -0.490 e. The van der Waals surface area contributed by atoms with Crippen molar-refractivity contribution < 1.29 is 27.1 Å². The van der Waals surface area contributed by atoms with E-state index in [1.165, 1.54) is 7.05 Å². The monoisotopic (exact) mass is 414 g/mol. The van der Waals surface area contributed by atoms with E-state index in [0.717, 1.165) is 12.4 Å². The van der Waals surface area contributed by atoms with Crippen LogP contribution in [0.5, 0.6) is 5.75 Å². The molecule has 7 nitrogen and oxygen atoms in total. The molecule has 2 aromatic rings. The summed E-state index contributed by atoms with van der Waals surface area (Å²) in [4.78, 5) is 16.5. The molecule has 1 heterocycles. The summed E-state index contributed by atoms with van der Waals surface area (Å²) < 4.78 is 48.6. The zero-order valence-corrected chi connectivity index (χ0v) is 16.8. The van der Waals surface area contributed by atoms with Crippen molar-refractivity contribution >= 4 is 22.8 Å². The van der Waals surface area contributed by atoms with Crippen molar-refractivity contribution in [2.45, 2.75) is 26.1 Å². The Kier molecular flexibility index (Phi) is 7.35. The molecule has 1 atom stereocenters. The molecule has 10 heteroatoms. The van der Waals surface area contributed by atoms with Gasteiger partial charge < -0.3 is 24.7 Å². The van der Waals surface area contributed by atoms with Crippen molar-refractivity contribution in [3.05, 3.63) is 30.0 Å². The number of alkyl halides is 3. The van der Waals surface area contributed by atoms with Gasteiger partial charge in [0.15, 0.2) is 17.3 Å². The molecular formula is C19H25F3N4O3. The molecule has 0 spiro atoms. The third-order valence-electron chi connectivity index (χ3n) is 4.08. The summed E-state index contributed by atoms with van der Waals surface area (Å²) in [6.07, 6.45) is -4.44. The van der Waals surface area contributed by atoms with Gasteiger partial charge in [0.1, 0.15) is 12.3 Å². The van der Waals surface area contributed by atoms with Gasteiger partial charge in [-0.2, -0.15) is 13.2 Å². The van der Waals surface area contributed by atoms with Crippen molar-refractivity contribution in [3.8, 4) is 5.75 Å². The highest BCUT2D eigenvalue weighted by atomic mass is 19.4. The van der Waals surface area contributed by atoms with E-state index < -0.39 is 18.6 Å². The maximum absolute atomic E-state index is 12.4. The number of nitrogens with one attached hydrogen (secondary N) is 2. The highest BCUT2D eigenvalue weighted by Crippen LogP contribution is 2.31. The van der Waals surface area contributed by atoms with Gasteiger partial charge >= 0.3 is 6.18 Å². The van der Waals surface area contributed by atoms with Crippen LogP contribution in [0.1, 0.15) is 25.6 Å². The highest BCUT2D eigenvalue weighted by molar-refractivity contribution is 5.87. The van der Waals surface area contributed by atoms with E-state index in [0.29, 0.717) is 28.6 Å². The summed E-state index contributed by atoms with van der Waals surface area (Å²) in [6, 6.07) is 7.14. The number of hydrogen-bond acceptors (Lipinski definition) is 4. The standard InChI is InChI=1S/C19H25F3N4O3/c1-5-28-14-8-6-7-13-9-15(29-17(13)14)12(2)25-18(23-3)24-10-16(27)26(4)11-19(20,21)22/h6-9,12H,5,10-11H2,1-4H3,(H2,23,24,25). The molecule has 29 heavy (non-hydrogen) atoms. The van der Waals surface area contributed by atoms with Crippen molar-refractivity contribution in [1.82, 2.24) is 15.5 Å². The third kappa shape index (κ3) is 6.30. The van der Waals surface area contributed by atoms with Crippen LogP contribution >= 0.6 is 0 Å². The van der Waals surface area contributed by atoms with E-state index in [4.69, 9.17) is 9.15 Å². The Bertz CT molecular complexity index is 864. The van der Waals surface area contributed by atoms with Crippen LogP contribution in [0.2, 0.25) is 0 Å². The first kappa shape index (κ1) is 22.4. The molecule has 0 aliphatic rings. The molecule has 0 aliphatic heterocycles. The number of aliphatic imine (C=N–C) groups is 1. The number of carbonyl (C=O) groups excluding carboxylic acids is 1. The first-order valence-electron chi connectivity index (χ1n) is 9.07. The normalized spacial score (nSPS) is 13.3. The smallest absolute Gasteiger partial charge is 0.406 e. The van der Waals surface area contributed by atoms with Crippen LogP contribution in [-0.4, -0.2) is 56.7 Å². The summed E-state index contributed by atoms with van der Waals surface area (Å²) >= 11 is 0. The summed E-state index contributed by atoms with van der Waals surface area (Å²) in [5.74, 6) is 0.819. The lowest BCUT2D eigenvalue weighted by Crippen LogP contribution is -2.46. The first-order chi connectivity index (χ1) is 13.6. The number of ether oxygens (including phenoxy) is 1. The second kappa shape index (κ2) is 9.53. The topological polar surface area (TPSA) is 79.1 Å². The van der Waals surface area contributed by atoms with Crippen LogP contribution in [0, 0.1) is 0 Å². The predicted octanol–water partition coefficient (Wildman–Crippen LogP) is 3.08. The molecule has 0 radical (unpaired) electrons. The fourth-order valence-corrected chi connectivity index (χ4v) is 2.66. The summed E-state index contributed by atoms with van der Waals surface area (Å²) in [5.41, 5.74) is 0.630. The number of likely N-dealkylation sites (N-methyl/N-ethyl adjacent to an activating group) is 1. The Morgan fingerprint density at radius 1 is 1.38 bits per heavy atom. The second-order valence-corrected chi connectivity index (χ2v) is 6.41. The van der Waals surface area contributed by atoms with E-state index >= 15 is 0 Å². The van der Waals surface area contributed by atoms with Gasteiger partial charge in [-0.1, -0.05) is 12.1 Å². The molecular weight excluding hydrogens is 389 g/mol. The Morgan fingerprint density at radius 3 is 2.72 bits per heavy atom. The Labute approximate surface area is 166 Å². The fourth-order valence-electron chi connectivity index (χ4n) is 2.66. The number of benzene rings is 1. The van der Waals surface area contributed by atoms with Crippen LogP contribution in [0.3, 0.4) is 0 Å².